The van der Waals surface area contributed by atoms with Crippen LogP contribution in [0.3, 0.4) is 0 Å². The highest BCUT2D eigenvalue weighted by atomic mass is 16.1. The molecule has 0 amide bonds. The van der Waals surface area contributed by atoms with Gasteiger partial charge in [0.15, 0.2) is 0 Å². The van der Waals surface area contributed by atoms with Crippen LogP contribution in [0.2, 0.25) is 0 Å². The number of hydrogen-bond acceptors (Lipinski definition) is 1. The molecule has 0 aliphatic carbocycles. The summed E-state index contributed by atoms with van der Waals surface area (Å²) in [4.78, 5) is 9.75. The van der Waals surface area contributed by atoms with E-state index in [0.29, 0.717) is 6.42 Å². The number of carbonyl (C=O) groups excluding carboxylic acids is 1. The topological polar surface area (TPSA) is 17.1 Å². The highest BCUT2D eigenvalue weighted by Gasteiger charge is 1.77. The molecule has 0 aromatic rings. The Bertz CT molecular complexity index is 38.9. The molecule has 0 spiro atoms. The number of Topliss-reactive ketones (excluding diaryl/α,β-unsaturated/α-hetero) is 1. The summed E-state index contributed by atoms with van der Waals surface area (Å²) >= 11 is 0. The van der Waals surface area contributed by atoms with E-state index in [4.69, 9.17) is 0 Å². The standard InChI is InChI=1S/C4H7O/c1-3-4(2)5/h1,3H2,2H3. The van der Waals surface area contributed by atoms with Crippen LogP contribution in [0, 0.1) is 6.92 Å². The van der Waals surface area contributed by atoms with Crippen molar-refractivity contribution in [3.63, 3.8) is 0 Å². The molecule has 0 fully saturated rings. The van der Waals surface area contributed by atoms with Gasteiger partial charge in [0, 0.05) is 6.42 Å². The van der Waals surface area contributed by atoms with Crippen molar-refractivity contribution in [3.05, 3.63) is 6.92 Å². The second-order valence-electron chi connectivity index (χ2n) is 0.952. The molecule has 0 N–H and O–H groups in total. The molecule has 0 aromatic heterocycles. The first-order valence-corrected chi connectivity index (χ1v) is 1.56. The minimum Gasteiger partial charge on any atom is -0.300 e. The summed E-state index contributed by atoms with van der Waals surface area (Å²) in [5.74, 6) is 0.144. The van der Waals surface area contributed by atoms with Crippen LogP contribution in [-0.4, -0.2) is 5.78 Å². The van der Waals surface area contributed by atoms with E-state index in [-0.39, 0.29) is 5.78 Å². The zero-order valence-electron chi connectivity index (χ0n) is 3.32. The van der Waals surface area contributed by atoms with Gasteiger partial charge in [-0.1, -0.05) is 0 Å². The number of rotatable bonds is 1. The Hall–Kier alpha value is -0.330. The number of hydrogen-bond donors (Lipinski definition) is 0. The molecular weight excluding hydrogens is 64.0 g/mol. The average Bonchev–Trinajstić information content (AvgIpc) is 1.38. The fourth-order valence-electron chi connectivity index (χ4n) is 0. The van der Waals surface area contributed by atoms with Crippen molar-refractivity contribution in [2.75, 3.05) is 0 Å². The molecule has 0 aliphatic rings. The second-order valence-corrected chi connectivity index (χ2v) is 0.952. The molecule has 0 atom stereocenters. The maximum Gasteiger partial charge on any atom is 0.129 e. The third-order valence-corrected chi connectivity index (χ3v) is 0.352. The molecule has 29 valence electrons. The smallest absolute Gasteiger partial charge is 0.129 e. The second kappa shape index (κ2) is 1.94. The van der Waals surface area contributed by atoms with Gasteiger partial charge in [-0.15, -0.1) is 0 Å². The number of carbonyl (C=O) groups is 1. The van der Waals surface area contributed by atoms with E-state index in [1.807, 2.05) is 0 Å². The van der Waals surface area contributed by atoms with Gasteiger partial charge in [-0.25, -0.2) is 0 Å². The van der Waals surface area contributed by atoms with Gasteiger partial charge in [0.2, 0.25) is 0 Å². The maximum absolute atomic E-state index is 9.75. The van der Waals surface area contributed by atoms with Gasteiger partial charge in [0.05, 0.1) is 0 Å². The molecule has 1 radical (unpaired) electrons. The van der Waals surface area contributed by atoms with Crippen LogP contribution in [0.5, 0.6) is 0 Å². The molecule has 0 bridgehead atoms. The minimum absolute atomic E-state index is 0.144. The van der Waals surface area contributed by atoms with Crippen molar-refractivity contribution in [2.45, 2.75) is 13.3 Å². The van der Waals surface area contributed by atoms with E-state index in [0.717, 1.165) is 0 Å². The normalized spacial score (nSPS) is 7.60. The predicted octanol–water partition coefficient (Wildman–Crippen LogP) is 0.800. The first kappa shape index (κ1) is 4.67. The molecule has 5 heavy (non-hydrogen) atoms. The lowest BCUT2D eigenvalue weighted by molar-refractivity contribution is -0.116. The summed E-state index contributed by atoms with van der Waals surface area (Å²) < 4.78 is 0. The summed E-state index contributed by atoms with van der Waals surface area (Å²) in [6.07, 6.45) is 0.417. The van der Waals surface area contributed by atoms with E-state index >= 15 is 0 Å². The van der Waals surface area contributed by atoms with E-state index in [1.165, 1.54) is 6.92 Å². The van der Waals surface area contributed by atoms with Crippen LogP contribution < -0.4 is 0 Å². The number of ketones is 1. The molecule has 1 heteroatoms. The largest absolute Gasteiger partial charge is 0.300 e. The van der Waals surface area contributed by atoms with Crippen molar-refractivity contribution in [3.8, 4) is 0 Å². The van der Waals surface area contributed by atoms with Crippen molar-refractivity contribution < 1.29 is 4.79 Å². The van der Waals surface area contributed by atoms with Gasteiger partial charge >= 0.3 is 0 Å². The Morgan fingerprint density at radius 2 is 2.20 bits per heavy atom. The average molecular weight is 71.1 g/mol. The molecule has 0 unspecified atom stereocenters. The first-order chi connectivity index (χ1) is 2.27. The molecular formula is C4H7O. The monoisotopic (exact) mass is 71.0 g/mol. The van der Waals surface area contributed by atoms with Crippen LogP contribution in [0.1, 0.15) is 13.3 Å². The molecule has 0 aliphatic heterocycles. The van der Waals surface area contributed by atoms with Gasteiger partial charge < -0.3 is 4.79 Å². The van der Waals surface area contributed by atoms with Crippen LogP contribution >= 0.6 is 0 Å². The fourth-order valence-corrected chi connectivity index (χ4v) is 0. The maximum atomic E-state index is 9.75. The highest BCUT2D eigenvalue weighted by Crippen LogP contribution is 1.70. The van der Waals surface area contributed by atoms with Crippen LogP contribution in [0.4, 0.5) is 0 Å². The quantitative estimate of drug-likeness (QED) is 0.447. The molecule has 0 aromatic carbocycles. The lowest BCUT2D eigenvalue weighted by Gasteiger charge is -1.71. The highest BCUT2D eigenvalue weighted by molar-refractivity contribution is 5.75. The van der Waals surface area contributed by atoms with Crippen molar-refractivity contribution in [1.82, 2.24) is 0 Å². The van der Waals surface area contributed by atoms with E-state index in [2.05, 4.69) is 6.92 Å². The van der Waals surface area contributed by atoms with E-state index < -0.39 is 0 Å². The molecule has 1 nitrogen and oxygen atoms in total. The molecule has 0 saturated heterocycles. The van der Waals surface area contributed by atoms with Gasteiger partial charge in [-0.3, -0.25) is 0 Å². The summed E-state index contributed by atoms with van der Waals surface area (Å²) in [5.41, 5.74) is 0. The lowest BCUT2D eigenvalue weighted by Crippen LogP contribution is -1.80. The summed E-state index contributed by atoms with van der Waals surface area (Å²) in [6, 6.07) is 0. The first-order valence-electron chi connectivity index (χ1n) is 1.56. The van der Waals surface area contributed by atoms with Crippen LogP contribution in [0.25, 0.3) is 0 Å². The molecule has 0 heterocycles. The third kappa shape index (κ3) is 3.67. The summed E-state index contributed by atoms with van der Waals surface area (Å²) in [5, 5.41) is 0. The lowest BCUT2D eigenvalue weighted by atomic mass is 10.4. The Morgan fingerprint density at radius 1 is 2.00 bits per heavy atom. The Kier molecular flexibility index (Phi) is 1.81. The SMILES string of the molecule is [CH2]CC(C)=O. The molecule has 0 saturated carbocycles. The van der Waals surface area contributed by atoms with Gasteiger partial charge in [0.1, 0.15) is 5.78 Å². The predicted molar refractivity (Wildman–Crippen MR) is 20.7 cm³/mol. The van der Waals surface area contributed by atoms with Crippen molar-refractivity contribution in [2.24, 2.45) is 0 Å². The van der Waals surface area contributed by atoms with Crippen molar-refractivity contribution >= 4 is 5.78 Å². The van der Waals surface area contributed by atoms with E-state index in [1.54, 1.807) is 0 Å². The fraction of sp³-hybridized carbons (Fsp3) is 0.500. The van der Waals surface area contributed by atoms with E-state index in [9.17, 15) is 4.79 Å². The van der Waals surface area contributed by atoms with Crippen LogP contribution in [0.15, 0.2) is 0 Å². The minimum atomic E-state index is 0.144. The zero-order valence-corrected chi connectivity index (χ0v) is 3.32. The summed E-state index contributed by atoms with van der Waals surface area (Å²) in [6.45, 7) is 4.86. The zero-order chi connectivity index (χ0) is 4.28. The Labute approximate surface area is 32.0 Å². The third-order valence-electron chi connectivity index (χ3n) is 0.352. The van der Waals surface area contributed by atoms with Gasteiger partial charge in [-0.05, 0) is 13.8 Å². The summed E-state index contributed by atoms with van der Waals surface area (Å²) in [7, 11) is 0. The Balaban J connectivity index is 2.85. The molecule has 0 rings (SSSR count). The Morgan fingerprint density at radius 3 is 2.20 bits per heavy atom. The van der Waals surface area contributed by atoms with Gasteiger partial charge in [0.25, 0.3) is 0 Å². The van der Waals surface area contributed by atoms with Crippen LogP contribution in [-0.2, 0) is 4.79 Å². The van der Waals surface area contributed by atoms with Gasteiger partial charge in [-0.2, -0.15) is 0 Å². The van der Waals surface area contributed by atoms with Crippen molar-refractivity contribution in [1.29, 1.82) is 0 Å².